The van der Waals surface area contributed by atoms with Gasteiger partial charge >= 0.3 is 0 Å². The highest BCUT2D eigenvalue weighted by atomic mass is 35.5. The molecule has 3 N–H and O–H groups in total. The van der Waals surface area contributed by atoms with Crippen LogP contribution in [0.5, 0.6) is 0 Å². The van der Waals surface area contributed by atoms with Gasteiger partial charge in [0.05, 0.1) is 5.25 Å². The number of nitrogens with one attached hydrogen (secondary N) is 1. The summed E-state index contributed by atoms with van der Waals surface area (Å²) in [6, 6.07) is 7.05. The molecule has 0 bridgehead atoms. The molecule has 0 saturated carbocycles. The molecular weight excluding hydrogens is 316 g/mol. The van der Waals surface area contributed by atoms with Crippen molar-refractivity contribution in [3.05, 3.63) is 29.3 Å². The Bertz CT molecular complexity index is 605. The highest BCUT2D eigenvalue weighted by Crippen LogP contribution is 2.30. The van der Waals surface area contributed by atoms with Crippen LogP contribution in [-0.2, 0) is 4.79 Å². The van der Waals surface area contributed by atoms with Crippen LogP contribution in [0.1, 0.15) is 13.3 Å². The number of aromatic nitrogens is 2. The molecule has 0 radical (unpaired) electrons. The van der Waals surface area contributed by atoms with E-state index in [0.717, 1.165) is 0 Å². The smallest absolute Gasteiger partial charge is 0.237 e. The fourth-order valence-corrected chi connectivity index (χ4v) is 3.49. The molecule has 2 aromatic rings. The molecule has 2 rings (SSSR count). The van der Waals surface area contributed by atoms with E-state index in [0.29, 0.717) is 26.6 Å². The molecule has 0 aliphatic carbocycles. The minimum atomic E-state index is -0.249. The van der Waals surface area contributed by atoms with Gasteiger partial charge in [-0.15, -0.1) is 10.2 Å². The Hall–Kier alpha value is -1.31. The van der Waals surface area contributed by atoms with Gasteiger partial charge in [-0.25, -0.2) is 0 Å². The number of anilines is 2. The molecule has 0 aliphatic rings. The summed E-state index contributed by atoms with van der Waals surface area (Å²) in [7, 11) is 0. The summed E-state index contributed by atoms with van der Waals surface area (Å²) in [5.41, 5.74) is 6.21. The maximum atomic E-state index is 12.2. The maximum Gasteiger partial charge on any atom is 0.237 e. The van der Waals surface area contributed by atoms with E-state index in [1.165, 1.54) is 23.1 Å². The summed E-state index contributed by atoms with van der Waals surface area (Å²) in [5, 5.41) is 11.2. The summed E-state index contributed by atoms with van der Waals surface area (Å²) in [5.74, 6) is -0.0893. The predicted octanol–water partition coefficient (Wildman–Crippen LogP) is 3.28. The van der Waals surface area contributed by atoms with Crippen LogP contribution in [0.2, 0.25) is 5.02 Å². The second-order valence-electron chi connectivity index (χ2n) is 3.92. The number of benzene rings is 1. The predicted molar refractivity (Wildman–Crippen MR) is 84.3 cm³/mol. The highest BCUT2D eigenvalue weighted by molar-refractivity contribution is 8.02. The zero-order valence-corrected chi connectivity index (χ0v) is 13.1. The van der Waals surface area contributed by atoms with Crippen molar-refractivity contribution in [1.29, 1.82) is 0 Å². The van der Waals surface area contributed by atoms with Crippen LogP contribution < -0.4 is 11.1 Å². The van der Waals surface area contributed by atoms with E-state index in [-0.39, 0.29) is 11.2 Å². The van der Waals surface area contributed by atoms with Crippen LogP contribution in [0.15, 0.2) is 28.6 Å². The first kappa shape index (κ1) is 15.1. The van der Waals surface area contributed by atoms with Gasteiger partial charge in [0, 0.05) is 10.7 Å². The molecule has 20 heavy (non-hydrogen) atoms. The highest BCUT2D eigenvalue weighted by Gasteiger charge is 2.20. The largest absolute Gasteiger partial charge is 0.374 e. The molecule has 1 unspecified atom stereocenters. The van der Waals surface area contributed by atoms with Crippen molar-refractivity contribution < 1.29 is 4.79 Å². The van der Waals surface area contributed by atoms with Crippen molar-refractivity contribution in [2.75, 3.05) is 11.1 Å². The number of halogens is 1. The topological polar surface area (TPSA) is 80.9 Å². The Labute approximate surface area is 129 Å². The lowest BCUT2D eigenvalue weighted by molar-refractivity contribution is -0.115. The molecule has 0 spiro atoms. The lowest BCUT2D eigenvalue weighted by Crippen LogP contribution is -2.24. The van der Waals surface area contributed by atoms with Gasteiger partial charge in [0.2, 0.25) is 11.0 Å². The Balaban J connectivity index is 2.02. The second kappa shape index (κ2) is 6.92. The number of hydrogen-bond donors (Lipinski definition) is 2. The van der Waals surface area contributed by atoms with E-state index in [1.807, 2.05) is 6.92 Å². The summed E-state index contributed by atoms with van der Waals surface area (Å²) < 4.78 is 0.690. The molecule has 106 valence electrons. The molecule has 1 atom stereocenters. The standard InChI is InChI=1S/C12H13ClN4OS2/c1-2-9(19-12-17-16-11(14)20-12)10(18)15-8-5-3-4-7(13)6-8/h3-6,9H,2H2,1H3,(H2,14,16)(H,15,18). The number of thioether (sulfide) groups is 1. The first-order chi connectivity index (χ1) is 9.58. The van der Waals surface area contributed by atoms with E-state index in [4.69, 9.17) is 17.3 Å². The zero-order chi connectivity index (χ0) is 14.5. The van der Waals surface area contributed by atoms with Gasteiger partial charge in [-0.05, 0) is 24.6 Å². The SMILES string of the molecule is CCC(Sc1nnc(N)s1)C(=O)Nc1cccc(Cl)c1. The van der Waals surface area contributed by atoms with Crippen LogP contribution in [0.25, 0.3) is 0 Å². The first-order valence-corrected chi connectivity index (χ1v) is 7.98. The van der Waals surface area contributed by atoms with Crippen molar-refractivity contribution in [2.45, 2.75) is 22.9 Å². The van der Waals surface area contributed by atoms with Crippen molar-refractivity contribution in [3.63, 3.8) is 0 Å². The summed E-state index contributed by atoms with van der Waals surface area (Å²) in [4.78, 5) is 12.2. The third kappa shape index (κ3) is 4.09. The van der Waals surface area contributed by atoms with Crippen molar-refractivity contribution in [1.82, 2.24) is 10.2 Å². The summed E-state index contributed by atoms with van der Waals surface area (Å²) in [6.45, 7) is 1.94. The number of hydrogen-bond acceptors (Lipinski definition) is 6. The molecule has 1 aromatic heterocycles. The van der Waals surface area contributed by atoms with Gasteiger partial charge in [0.15, 0.2) is 4.34 Å². The number of carbonyl (C=O) groups excluding carboxylic acids is 1. The second-order valence-corrected chi connectivity index (χ2v) is 6.82. The minimum Gasteiger partial charge on any atom is -0.374 e. The number of carbonyl (C=O) groups is 1. The number of nitrogen functional groups attached to an aromatic ring is 1. The van der Waals surface area contributed by atoms with E-state index >= 15 is 0 Å². The quantitative estimate of drug-likeness (QED) is 0.823. The monoisotopic (exact) mass is 328 g/mol. The maximum absolute atomic E-state index is 12.2. The summed E-state index contributed by atoms with van der Waals surface area (Å²) >= 11 is 8.52. The molecule has 1 heterocycles. The summed E-state index contributed by atoms with van der Waals surface area (Å²) in [6.07, 6.45) is 0.677. The molecule has 1 amide bonds. The van der Waals surface area contributed by atoms with Crippen LogP contribution in [0, 0.1) is 0 Å². The van der Waals surface area contributed by atoms with Gasteiger partial charge in [0.25, 0.3) is 0 Å². The third-order valence-corrected chi connectivity index (χ3v) is 4.86. The van der Waals surface area contributed by atoms with Crippen molar-refractivity contribution >= 4 is 51.4 Å². The fraction of sp³-hybridized carbons (Fsp3) is 0.250. The van der Waals surface area contributed by atoms with Gasteiger partial charge in [0.1, 0.15) is 0 Å². The first-order valence-electron chi connectivity index (χ1n) is 5.90. The molecule has 8 heteroatoms. The Kier molecular flexibility index (Phi) is 5.22. The Morgan fingerprint density at radius 2 is 2.35 bits per heavy atom. The molecule has 5 nitrogen and oxygen atoms in total. The van der Waals surface area contributed by atoms with E-state index in [2.05, 4.69) is 15.5 Å². The van der Waals surface area contributed by atoms with Gasteiger partial charge in [-0.2, -0.15) is 0 Å². The number of rotatable bonds is 5. The van der Waals surface area contributed by atoms with Crippen LogP contribution in [-0.4, -0.2) is 21.4 Å². The fourth-order valence-electron chi connectivity index (χ4n) is 1.50. The molecule has 0 fully saturated rings. The van der Waals surface area contributed by atoms with Crippen LogP contribution in [0.3, 0.4) is 0 Å². The zero-order valence-electron chi connectivity index (χ0n) is 10.7. The lowest BCUT2D eigenvalue weighted by Gasteiger charge is -2.13. The van der Waals surface area contributed by atoms with E-state index in [9.17, 15) is 4.79 Å². The Morgan fingerprint density at radius 1 is 1.55 bits per heavy atom. The molecule has 0 saturated heterocycles. The van der Waals surface area contributed by atoms with E-state index < -0.39 is 0 Å². The number of amides is 1. The molecule has 0 aliphatic heterocycles. The lowest BCUT2D eigenvalue weighted by atomic mass is 10.3. The average Bonchev–Trinajstić information content (AvgIpc) is 2.81. The van der Waals surface area contributed by atoms with Crippen molar-refractivity contribution in [2.24, 2.45) is 0 Å². The number of nitrogens with zero attached hydrogens (tertiary/aromatic N) is 2. The normalized spacial score (nSPS) is 12.1. The molecule has 1 aromatic carbocycles. The van der Waals surface area contributed by atoms with Gasteiger partial charge in [-0.3, -0.25) is 4.79 Å². The minimum absolute atomic E-state index is 0.0893. The Morgan fingerprint density at radius 3 is 2.95 bits per heavy atom. The van der Waals surface area contributed by atoms with Crippen LogP contribution >= 0.6 is 34.7 Å². The van der Waals surface area contributed by atoms with Crippen molar-refractivity contribution in [3.8, 4) is 0 Å². The van der Waals surface area contributed by atoms with Gasteiger partial charge in [-0.1, -0.05) is 47.7 Å². The number of nitrogens with two attached hydrogens (primary N) is 1. The van der Waals surface area contributed by atoms with E-state index in [1.54, 1.807) is 24.3 Å². The third-order valence-electron chi connectivity index (χ3n) is 2.42. The average molecular weight is 329 g/mol. The molecular formula is C12H13ClN4OS2. The van der Waals surface area contributed by atoms with Crippen LogP contribution in [0.4, 0.5) is 10.8 Å². The van der Waals surface area contributed by atoms with Gasteiger partial charge < -0.3 is 11.1 Å².